The summed E-state index contributed by atoms with van der Waals surface area (Å²) < 4.78 is 5.57. The minimum absolute atomic E-state index is 0.375. The smallest absolute Gasteiger partial charge is 0.231 e. The summed E-state index contributed by atoms with van der Waals surface area (Å²) in [6.07, 6.45) is 3.42. The van der Waals surface area contributed by atoms with E-state index in [1.807, 2.05) is 25.9 Å². The van der Waals surface area contributed by atoms with Gasteiger partial charge in [0, 0.05) is 33.3 Å². The van der Waals surface area contributed by atoms with Crippen molar-refractivity contribution in [3.8, 4) is 0 Å². The van der Waals surface area contributed by atoms with E-state index in [9.17, 15) is 0 Å². The molecule has 2 N–H and O–H groups in total. The van der Waals surface area contributed by atoms with E-state index in [1.165, 1.54) is 0 Å². The van der Waals surface area contributed by atoms with Crippen molar-refractivity contribution in [3.63, 3.8) is 0 Å². The highest BCUT2D eigenvalue weighted by atomic mass is 16.5. The van der Waals surface area contributed by atoms with Crippen molar-refractivity contribution in [3.05, 3.63) is 0 Å². The Kier molecular flexibility index (Phi) is 5.55. The van der Waals surface area contributed by atoms with Crippen molar-refractivity contribution < 1.29 is 4.74 Å². The molecule has 1 heterocycles. The van der Waals surface area contributed by atoms with Gasteiger partial charge in [-0.15, -0.1) is 0 Å². The van der Waals surface area contributed by atoms with E-state index in [4.69, 9.17) is 4.74 Å². The van der Waals surface area contributed by atoms with Gasteiger partial charge in [0.05, 0.1) is 6.10 Å². The lowest BCUT2D eigenvalue weighted by molar-refractivity contribution is 0.00285. The van der Waals surface area contributed by atoms with Gasteiger partial charge in [0.1, 0.15) is 0 Å². The standard InChI is InChI=1S/C14H26N6O/c1-5-7-15-12-17-13(19-14(18-12)20(3)4)16-10-8-11(9-10)21-6-2/h10-11H,5-9H2,1-4H3,(H2,15,16,17,18,19). The molecule has 0 radical (unpaired) electrons. The highest BCUT2D eigenvalue weighted by molar-refractivity contribution is 5.43. The van der Waals surface area contributed by atoms with E-state index in [0.29, 0.717) is 30.0 Å². The topological polar surface area (TPSA) is 75.2 Å². The molecule has 21 heavy (non-hydrogen) atoms. The summed E-state index contributed by atoms with van der Waals surface area (Å²) in [6, 6.07) is 0.387. The SMILES string of the molecule is CCCNc1nc(NC2CC(OCC)C2)nc(N(C)C)n1. The first-order valence-electron chi connectivity index (χ1n) is 7.67. The molecule has 0 saturated heterocycles. The maximum atomic E-state index is 5.57. The third-order valence-corrected chi connectivity index (χ3v) is 3.39. The molecule has 118 valence electrons. The van der Waals surface area contributed by atoms with Crippen molar-refractivity contribution >= 4 is 17.8 Å². The van der Waals surface area contributed by atoms with Crippen LogP contribution in [0.4, 0.5) is 17.8 Å². The van der Waals surface area contributed by atoms with Crippen molar-refractivity contribution in [1.82, 2.24) is 15.0 Å². The van der Waals surface area contributed by atoms with Crippen LogP contribution < -0.4 is 15.5 Å². The maximum absolute atomic E-state index is 5.57. The van der Waals surface area contributed by atoms with Gasteiger partial charge in [-0.05, 0) is 26.2 Å². The Labute approximate surface area is 126 Å². The second-order valence-electron chi connectivity index (χ2n) is 5.49. The number of aromatic nitrogens is 3. The average molecular weight is 294 g/mol. The third kappa shape index (κ3) is 4.42. The number of ether oxygens (including phenoxy) is 1. The maximum Gasteiger partial charge on any atom is 0.231 e. The Morgan fingerprint density at radius 2 is 1.86 bits per heavy atom. The normalized spacial score (nSPS) is 20.8. The second kappa shape index (κ2) is 7.40. The largest absolute Gasteiger partial charge is 0.378 e. The Morgan fingerprint density at radius 1 is 1.14 bits per heavy atom. The van der Waals surface area contributed by atoms with Crippen LogP contribution in [0.15, 0.2) is 0 Å². The number of hydrogen-bond donors (Lipinski definition) is 2. The van der Waals surface area contributed by atoms with Crippen molar-refractivity contribution in [2.75, 3.05) is 42.8 Å². The summed E-state index contributed by atoms with van der Waals surface area (Å²) in [7, 11) is 3.86. The van der Waals surface area contributed by atoms with Crippen LogP contribution in [0.2, 0.25) is 0 Å². The summed E-state index contributed by atoms with van der Waals surface area (Å²) in [5.41, 5.74) is 0. The first kappa shape index (κ1) is 15.8. The summed E-state index contributed by atoms with van der Waals surface area (Å²) >= 11 is 0. The molecule has 0 aromatic carbocycles. The zero-order valence-electron chi connectivity index (χ0n) is 13.4. The van der Waals surface area contributed by atoms with Crippen LogP contribution in [0.5, 0.6) is 0 Å². The fraction of sp³-hybridized carbons (Fsp3) is 0.786. The minimum Gasteiger partial charge on any atom is -0.378 e. The molecule has 0 amide bonds. The van der Waals surface area contributed by atoms with E-state index >= 15 is 0 Å². The summed E-state index contributed by atoms with van der Waals surface area (Å²) in [4.78, 5) is 15.2. The Balaban J connectivity index is 1.99. The Morgan fingerprint density at radius 3 is 2.48 bits per heavy atom. The van der Waals surface area contributed by atoms with Crippen molar-refractivity contribution in [2.24, 2.45) is 0 Å². The monoisotopic (exact) mass is 294 g/mol. The molecule has 1 aliphatic carbocycles. The number of anilines is 3. The lowest BCUT2D eigenvalue weighted by atomic mass is 9.89. The van der Waals surface area contributed by atoms with E-state index in [1.54, 1.807) is 0 Å². The zero-order chi connectivity index (χ0) is 15.2. The molecule has 7 heteroatoms. The zero-order valence-corrected chi connectivity index (χ0v) is 13.4. The van der Waals surface area contributed by atoms with Gasteiger partial charge in [-0.3, -0.25) is 0 Å². The van der Waals surface area contributed by atoms with Crippen molar-refractivity contribution in [1.29, 1.82) is 0 Å². The number of hydrogen-bond acceptors (Lipinski definition) is 7. The van der Waals surface area contributed by atoms with Crippen LogP contribution in [-0.4, -0.2) is 54.3 Å². The van der Waals surface area contributed by atoms with Crippen LogP contribution in [0.3, 0.4) is 0 Å². The van der Waals surface area contributed by atoms with Gasteiger partial charge in [0.2, 0.25) is 17.8 Å². The molecule has 0 aliphatic heterocycles. The minimum atomic E-state index is 0.375. The van der Waals surface area contributed by atoms with Gasteiger partial charge in [-0.2, -0.15) is 15.0 Å². The predicted molar refractivity (Wildman–Crippen MR) is 85.0 cm³/mol. The fourth-order valence-corrected chi connectivity index (χ4v) is 2.18. The summed E-state index contributed by atoms with van der Waals surface area (Å²) in [5.74, 6) is 1.91. The first-order valence-corrected chi connectivity index (χ1v) is 7.67. The summed E-state index contributed by atoms with van der Waals surface area (Å²) in [5, 5.41) is 6.58. The quantitative estimate of drug-likeness (QED) is 0.756. The fourth-order valence-electron chi connectivity index (χ4n) is 2.18. The van der Waals surface area contributed by atoms with E-state index in [-0.39, 0.29) is 0 Å². The third-order valence-electron chi connectivity index (χ3n) is 3.39. The molecule has 0 bridgehead atoms. The predicted octanol–water partition coefficient (Wildman–Crippen LogP) is 1.74. The molecule has 1 fully saturated rings. The highest BCUT2D eigenvalue weighted by Crippen LogP contribution is 2.26. The van der Waals surface area contributed by atoms with E-state index < -0.39 is 0 Å². The number of rotatable bonds is 8. The highest BCUT2D eigenvalue weighted by Gasteiger charge is 2.30. The Hall–Kier alpha value is -1.63. The molecular formula is C14H26N6O. The molecule has 7 nitrogen and oxygen atoms in total. The summed E-state index contributed by atoms with van der Waals surface area (Å²) in [6.45, 7) is 5.77. The molecule has 0 unspecified atom stereocenters. The van der Waals surface area contributed by atoms with Gasteiger partial charge in [-0.1, -0.05) is 6.92 Å². The van der Waals surface area contributed by atoms with Crippen LogP contribution >= 0.6 is 0 Å². The second-order valence-corrected chi connectivity index (χ2v) is 5.49. The van der Waals surface area contributed by atoms with Gasteiger partial charge in [0.15, 0.2) is 0 Å². The lowest BCUT2D eigenvalue weighted by Crippen LogP contribution is -2.41. The van der Waals surface area contributed by atoms with Crippen LogP contribution in [0.25, 0.3) is 0 Å². The molecule has 0 spiro atoms. The molecule has 0 atom stereocenters. The molecule has 1 aromatic rings. The van der Waals surface area contributed by atoms with Gasteiger partial charge in [-0.25, -0.2) is 0 Å². The van der Waals surface area contributed by atoms with Gasteiger partial charge >= 0.3 is 0 Å². The average Bonchev–Trinajstić information content (AvgIpc) is 2.42. The molecular weight excluding hydrogens is 268 g/mol. The first-order chi connectivity index (χ1) is 10.1. The lowest BCUT2D eigenvalue weighted by Gasteiger charge is -2.35. The number of nitrogens with zero attached hydrogens (tertiary/aromatic N) is 4. The number of nitrogens with one attached hydrogen (secondary N) is 2. The van der Waals surface area contributed by atoms with Gasteiger partial charge in [0.25, 0.3) is 0 Å². The molecule has 1 aliphatic rings. The molecule has 1 aromatic heterocycles. The van der Waals surface area contributed by atoms with E-state index in [2.05, 4.69) is 32.5 Å². The van der Waals surface area contributed by atoms with E-state index in [0.717, 1.165) is 32.4 Å². The van der Waals surface area contributed by atoms with Crippen LogP contribution in [-0.2, 0) is 4.74 Å². The van der Waals surface area contributed by atoms with Crippen molar-refractivity contribution in [2.45, 2.75) is 45.3 Å². The van der Waals surface area contributed by atoms with Crippen LogP contribution in [0.1, 0.15) is 33.1 Å². The Bertz CT molecular complexity index is 447. The van der Waals surface area contributed by atoms with Crippen LogP contribution in [0, 0.1) is 0 Å². The molecule has 2 rings (SSSR count). The molecule has 1 saturated carbocycles. The van der Waals surface area contributed by atoms with Gasteiger partial charge < -0.3 is 20.3 Å².